The van der Waals surface area contributed by atoms with Crippen molar-refractivity contribution < 1.29 is 26.4 Å². The van der Waals surface area contributed by atoms with Crippen molar-refractivity contribution in [3.63, 3.8) is 0 Å². The van der Waals surface area contributed by atoms with Gasteiger partial charge in [0.15, 0.2) is 0 Å². The van der Waals surface area contributed by atoms with Gasteiger partial charge in [0.25, 0.3) is 5.91 Å². The average molecular weight is 432 g/mol. The van der Waals surface area contributed by atoms with Crippen LogP contribution >= 0.6 is 0 Å². The van der Waals surface area contributed by atoms with Crippen molar-refractivity contribution in [2.24, 2.45) is 0 Å². The second-order valence-electron chi connectivity index (χ2n) is 6.86. The summed E-state index contributed by atoms with van der Waals surface area (Å²) < 4.78 is 58.9. The second-order valence-corrected chi connectivity index (χ2v) is 8.87. The van der Waals surface area contributed by atoms with Crippen LogP contribution in [0.5, 0.6) is 0 Å². The van der Waals surface area contributed by atoms with Crippen LogP contribution < -0.4 is 9.21 Å². The van der Waals surface area contributed by atoms with E-state index in [9.17, 15) is 22.0 Å². The van der Waals surface area contributed by atoms with Gasteiger partial charge in [0.05, 0.1) is 29.9 Å². The molecule has 0 N–H and O–H groups in total. The van der Waals surface area contributed by atoms with Crippen molar-refractivity contribution in [2.45, 2.75) is 13.0 Å². The highest BCUT2D eigenvalue weighted by Gasteiger charge is 2.29. The van der Waals surface area contributed by atoms with Gasteiger partial charge in [-0.25, -0.2) is 17.2 Å². The van der Waals surface area contributed by atoms with Gasteiger partial charge < -0.3 is 4.42 Å². The first-order chi connectivity index (χ1) is 14.3. The quantitative estimate of drug-likeness (QED) is 0.612. The maximum atomic E-state index is 14.5. The van der Waals surface area contributed by atoms with E-state index < -0.39 is 27.6 Å². The first kappa shape index (κ1) is 20.1. The number of rotatable bonds is 5. The van der Waals surface area contributed by atoms with Gasteiger partial charge in [-0.1, -0.05) is 6.07 Å². The van der Waals surface area contributed by atoms with Crippen molar-refractivity contribution in [3.8, 4) is 0 Å². The number of benzene rings is 2. The van der Waals surface area contributed by atoms with Crippen LogP contribution in [0.25, 0.3) is 0 Å². The SMILES string of the molecule is O=C(c1cccc(N2CCCS2(=O)=O)c1)N(Cc1ccco1)c1ccc(F)cc1F. The van der Waals surface area contributed by atoms with Crippen LogP contribution in [0.15, 0.2) is 65.3 Å². The summed E-state index contributed by atoms with van der Waals surface area (Å²) >= 11 is 0. The van der Waals surface area contributed by atoms with Gasteiger partial charge in [0.1, 0.15) is 17.4 Å². The van der Waals surface area contributed by atoms with Gasteiger partial charge >= 0.3 is 0 Å². The van der Waals surface area contributed by atoms with Gasteiger partial charge in [-0.15, -0.1) is 0 Å². The monoisotopic (exact) mass is 432 g/mol. The molecule has 1 amide bonds. The van der Waals surface area contributed by atoms with E-state index in [-0.39, 0.29) is 23.5 Å². The van der Waals surface area contributed by atoms with Crippen LogP contribution in [0.4, 0.5) is 20.2 Å². The fourth-order valence-corrected chi connectivity index (χ4v) is 4.96. The number of anilines is 2. The van der Waals surface area contributed by atoms with Crippen LogP contribution in [-0.4, -0.2) is 26.6 Å². The number of hydrogen-bond donors (Lipinski definition) is 0. The molecule has 6 nitrogen and oxygen atoms in total. The number of amides is 1. The van der Waals surface area contributed by atoms with Crippen molar-refractivity contribution >= 4 is 27.3 Å². The summed E-state index contributed by atoms with van der Waals surface area (Å²) in [5, 5.41) is 0. The minimum absolute atomic E-state index is 0.0522. The molecular weight excluding hydrogens is 414 g/mol. The summed E-state index contributed by atoms with van der Waals surface area (Å²) in [5.41, 5.74) is 0.428. The topological polar surface area (TPSA) is 70.8 Å². The summed E-state index contributed by atoms with van der Waals surface area (Å²) in [6.07, 6.45) is 1.93. The number of carbonyl (C=O) groups is 1. The maximum absolute atomic E-state index is 14.5. The number of hydrogen-bond acceptors (Lipinski definition) is 4. The maximum Gasteiger partial charge on any atom is 0.258 e. The third-order valence-electron chi connectivity index (χ3n) is 4.82. The van der Waals surface area contributed by atoms with Gasteiger partial charge in [-0.05, 0) is 48.9 Å². The van der Waals surface area contributed by atoms with E-state index in [0.29, 0.717) is 30.5 Å². The fourth-order valence-electron chi connectivity index (χ4n) is 3.40. The van der Waals surface area contributed by atoms with Crippen LogP contribution in [0, 0.1) is 11.6 Å². The fraction of sp³-hybridized carbons (Fsp3) is 0.190. The number of halogens is 2. The summed E-state index contributed by atoms with van der Waals surface area (Å²) in [6, 6.07) is 12.4. The standard InChI is InChI=1S/C21H18F2N2O4S/c22-16-7-8-20(19(23)13-16)24(14-18-6-2-10-29-18)21(26)15-4-1-5-17(12-15)25-9-3-11-30(25,27)28/h1-2,4-8,10,12-13H,3,9,11,14H2. The minimum Gasteiger partial charge on any atom is -0.467 e. The average Bonchev–Trinajstić information content (AvgIpc) is 3.35. The van der Waals surface area contributed by atoms with Gasteiger partial charge in [-0.3, -0.25) is 14.0 Å². The Morgan fingerprint density at radius 3 is 2.60 bits per heavy atom. The van der Waals surface area contributed by atoms with Crippen LogP contribution in [-0.2, 0) is 16.6 Å². The van der Waals surface area contributed by atoms with Crippen molar-refractivity contribution in [1.29, 1.82) is 0 Å². The van der Waals surface area contributed by atoms with Crippen LogP contribution in [0.3, 0.4) is 0 Å². The largest absolute Gasteiger partial charge is 0.467 e. The molecule has 0 unspecified atom stereocenters. The Hall–Kier alpha value is -3.20. The summed E-state index contributed by atoms with van der Waals surface area (Å²) in [6.45, 7) is 0.253. The molecule has 156 valence electrons. The molecule has 0 aliphatic carbocycles. The number of carbonyl (C=O) groups excluding carboxylic acids is 1. The first-order valence-corrected chi connectivity index (χ1v) is 10.9. The summed E-state index contributed by atoms with van der Waals surface area (Å²) in [7, 11) is -3.42. The lowest BCUT2D eigenvalue weighted by molar-refractivity contribution is 0.0982. The molecule has 9 heteroatoms. The summed E-state index contributed by atoms with van der Waals surface area (Å²) in [5.74, 6) is -1.77. The van der Waals surface area contributed by atoms with E-state index >= 15 is 0 Å². The van der Waals surface area contributed by atoms with E-state index in [2.05, 4.69) is 0 Å². The highest BCUT2D eigenvalue weighted by atomic mass is 32.2. The number of nitrogens with zero attached hydrogens (tertiary/aromatic N) is 2. The lowest BCUT2D eigenvalue weighted by Gasteiger charge is -2.23. The normalized spacial score (nSPS) is 15.3. The molecule has 1 aliphatic rings. The highest BCUT2D eigenvalue weighted by Crippen LogP contribution is 2.28. The van der Waals surface area contributed by atoms with Crippen molar-refractivity contribution in [1.82, 2.24) is 0 Å². The molecule has 0 spiro atoms. The minimum atomic E-state index is -3.42. The molecule has 0 saturated carbocycles. The Labute approximate surface area is 172 Å². The third kappa shape index (κ3) is 3.93. The molecule has 0 atom stereocenters. The number of furan rings is 1. The van der Waals surface area contributed by atoms with E-state index in [0.717, 1.165) is 11.0 Å². The highest BCUT2D eigenvalue weighted by molar-refractivity contribution is 7.93. The molecule has 1 saturated heterocycles. The summed E-state index contributed by atoms with van der Waals surface area (Å²) in [4.78, 5) is 14.4. The first-order valence-electron chi connectivity index (χ1n) is 9.25. The van der Waals surface area contributed by atoms with Crippen molar-refractivity contribution in [3.05, 3.63) is 83.8 Å². The van der Waals surface area contributed by atoms with Gasteiger partial charge in [-0.2, -0.15) is 0 Å². The molecule has 4 rings (SSSR count). The van der Waals surface area contributed by atoms with E-state index in [1.165, 1.54) is 28.8 Å². The zero-order chi connectivity index (χ0) is 21.3. The Morgan fingerprint density at radius 2 is 1.93 bits per heavy atom. The Balaban J connectivity index is 1.72. The second kappa shape index (κ2) is 7.91. The van der Waals surface area contributed by atoms with Crippen LogP contribution in [0.1, 0.15) is 22.5 Å². The zero-order valence-electron chi connectivity index (χ0n) is 15.8. The third-order valence-corrected chi connectivity index (χ3v) is 6.69. The molecule has 0 radical (unpaired) electrons. The molecule has 3 aromatic rings. The smallest absolute Gasteiger partial charge is 0.258 e. The molecule has 30 heavy (non-hydrogen) atoms. The molecule has 2 heterocycles. The van der Waals surface area contributed by atoms with E-state index in [1.807, 2.05) is 0 Å². The molecule has 2 aromatic carbocycles. The van der Waals surface area contributed by atoms with Crippen molar-refractivity contribution in [2.75, 3.05) is 21.5 Å². The predicted molar refractivity (Wildman–Crippen MR) is 108 cm³/mol. The zero-order valence-corrected chi connectivity index (χ0v) is 16.6. The Morgan fingerprint density at radius 1 is 1.10 bits per heavy atom. The number of sulfonamides is 1. The lowest BCUT2D eigenvalue weighted by atomic mass is 10.1. The molecule has 1 fully saturated rings. The van der Waals surface area contributed by atoms with Gasteiger partial charge in [0, 0.05) is 18.2 Å². The molecular formula is C21H18F2N2O4S. The molecule has 1 aromatic heterocycles. The van der Waals surface area contributed by atoms with E-state index in [1.54, 1.807) is 24.3 Å². The van der Waals surface area contributed by atoms with Crippen LogP contribution in [0.2, 0.25) is 0 Å². The Kier molecular flexibility index (Phi) is 5.29. The van der Waals surface area contributed by atoms with E-state index in [4.69, 9.17) is 4.42 Å². The lowest BCUT2D eigenvalue weighted by Crippen LogP contribution is -2.31. The van der Waals surface area contributed by atoms with Gasteiger partial charge in [0.2, 0.25) is 10.0 Å². The molecule has 1 aliphatic heterocycles. The molecule has 0 bridgehead atoms. The predicted octanol–water partition coefficient (Wildman–Crippen LogP) is 3.94. The Bertz CT molecular complexity index is 1180.